The zero-order valence-corrected chi connectivity index (χ0v) is 21.0. The fourth-order valence-electron chi connectivity index (χ4n) is 3.93. The van der Waals surface area contributed by atoms with Crippen molar-refractivity contribution in [3.05, 3.63) is 97.3 Å². The molecule has 2 aromatic carbocycles. The van der Waals surface area contributed by atoms with Crippen molar-refractivity contribution < 1.29 is 4.92 Å². The molecule has 12 nitrogen and oxygen atoms in total. The van der Waals surface area contributed by atoms with Gasteiger partial charge in [-0.3, -0.25) is 19.5 Å². The molecular weight excluding hydrogens is 488 g/mol. The molecule has 2 aromatic heterocycles. The Morgan fingerprint density at radius 1 is 1.13 bits per heavy atom. The third kappa shape index (κ3) is 4.85. The Balaban J connectivity index is 2.13. The first kappa shape index (κ1) is 25.8. The molecular formula is C26H24N8O4. The second-order valence-corrected chi connectivity index (χ2v) is 8.55. The highest BCUT2D eigenvalue weighted by atomic mass is 16.6. The van der Waals surface area contributed by atoms with Gasteiger partial charge in [0, 0.05) is 32.8 Å². The third-order valence-electron chi connectivity index (χ3n) is 5.61. The lowest BCUT2D eigenvalue weighted by Gasteiger charge is -2.18. The van der Waals surface area contributed by atoms with Gasteiger partial charge in [-0.25, -0.2) is 19.0 Å². The van der Waals surface area contributed by atoms with Crippen LogP contribution in [-0.4, -0.2) is 49.2 Å². The van der Waals surface area contributed by atoms with Crippen LogP contribution in [-0.2, 0) is 6.54 Å². The van der Waals surface area contributed by atoms with Gasteiger partial charge in [-0.05, 0) is 42.8 Å². The van der Waals surface area contributed by atoms with Crippen molar-refractivity contribution >= 4 is 17.8 Å². The molecule has 2 heterocycles. The molecule has 12 heteroatoms. The van der Waals surface area contributed by atoms with Crippen LogP contribution in [0.5, 0.6) is 0 Å². The van der Waals surface area contributed by atoms with Crippen molar-refractivity contribution in [3.63, 3.8) is 0 Å². The maximum absolute atomic E-state index is 13.9. The number of aliphatic imine (C=N–C) groups is 1. The molecule has 4 aromatic rings. The van der Waals surface area contributed by atoms with Gasteiger partial charge >= 0.3 is 5.69 Å². The summed E-state index contributed by atoms with van der Waals surface area (Å²) in [5.74, 6) is -0.00283. The first-order valence-corrected chi connectivity index (χ1v) is 11.7. The Morgan fingerprint density at radius 3 is 2.50 bits per heavy atom. The van der Waals surface area contributed by atoms with E-state index in [-0.39, 0.29) is 29.3 Å². The number of aromatic nitrogens is 4. The quantitative estimate of drug-likeness (QED) is 0.152. The number of nitro benzene ring substituents is 1. The summed E-state index contributed by atoms with van der Waals surface area (Å²) in [7, 11) is 3.47. The molecule has 0 aliphatic rings. The molecule has 0 atom stereocenters. The highest BCUT2D eigenvalue weighted by Crippen LogP contribution is 2.30. The number of hydrogen-bond donors (Lipinski definition) is 0. The Kier molecular flexibility index (Phi) is 7.29. The first-order chi connectivity index (χ1) is 18.3. The van der Waals surface area contributed by atoms with Gasteiger partial charge in [-0.1, -0.05) is 13.0 Å². The molecule has 0 unspecified atom stereocenters. The second-order valence-electron chi connectivity index (χ2n) is 8.55. The second kappa shape index (κ2) is 10.8. The van der Waals surface area contributed by atoms with Gasteiger partial charge in [0.1, 0.15) is 5.56 Å². The normalized spacial score (nSPS) is 11.0. The van der Waals surface area contributed by atoms with E-state index in [0.717, 1.165) is 4.57 Å². The molecule has 0 amide bonds. The molecule has 0 saturated heterocycles. The van der Waals surface area contributed by atoms with Crippen LogP contribution < -0.4 is 11.2 Å². The number of rotatable bonds is 8. The largest absolute Gasteiger partial charge is 0.369 e. The van der Waals surface area contributed by atoms with E-state index >= 15 is 0 Å². The number of nitriles is 1. The van der Waals surface area contributed by atoms with Crippen LogP contribution in [0.1, 0.15) is 18.9 Å². The Labute approximate surface area is 217 Å². The number of hydrogen-bond acceptors (Lipinski definition) is 7. The topological polar surface area (TPSA) is 144 Å². The van der Waals surface area contributed by atoms with Gasteiger partial charge < -0.3 is 4.90 Å². The van der Waals surface area contributed by atoms with Gasteiger partial charge in [0.05, 0.1) is 46.2 Å². The monoisotopic (exact) mass is 512 g/mol. The molecule has 0 radical (unpaired) electrons. The summed E-state index contributed by atoms with van der Waals surface area (Å²) in [6, 6.07) is 15.9. The fourth-order valence-corrected chi connectivity index (χ4v) is 3.93. The van der Waals surface area contributed by atoms with Crippen LogP contribution in [0.15, 0.2) is 75.4 Å². The van der Waals surface area contributed by atoms with Crippen LogP contribution in [0.2, 0.25) is 0 Å². The summed E-state index contributed by atoms with van der Waals surface area (Å²) in [5.41, 5.74) is 0.222. The summed E-state index contributed by atoms with van der Waals surface area (Å²) in [5, 5.41) is 25.0. The summed E-state index contributed by atoms with van der Waals surface area (Å²) < 4.78 is 3.82. The van der Waals surface area contributed by atoms with Crippen molar-refractivity contribution in [1.82, 2.24) is 23.8 Å². The van der Waals surface area contributed by atoms with Crippen molar-refractivity contribution in [1.29, 1.82) is 5.26 Å². The maximum atomic E-state index is 13.9. The minimum atomic E-state index is -0.670. The zero-order valence-electron chi connectivity index (χ0n) is 21.0. The maximum Gasteiger partial charge on any atom is 0.337 e. The lowest BCUT2D eigenvalue weighted by Crippen LogP contribution is -2.40. The lowest BCUT2D eigenvalue weighted by atomic mass is 10.1. The summed E-state index contributed by atoms with van der Waals surface area (Å²) >= 11 is 0. The fraction of sp³-hybridized carbons (Fsp3) is 0.192. The summed E-state index contributed by atoms with van der Waals surface area (Å²) in [4.78, 5) is 44.6. The Bertz CT molecular complexity index is 1690. The molecule has 38 heavy (non-hydrogen) atoms. The van der Waals surface area contributed by atoms with Crippen LogP contribution in [0, 0.1) is 21.4 Å². The average molecular weight is 513 g/mol. The van der Waals surface area contributed by atoms with Crippen LogP contribution in [0.4, 0.5) is 11.5 Å². The minimum Gasteiger partial charge on any atom is -0.369 e. The molecule has 0 spiro atoms. The molecule has 0 saturated carbocycles. The van der Waals surface area contributed by atoms with Crippen molar-refractivity contribution in [2.75, 3.05) is 14.1 Å². The van der Waals surface area contributed by atoms with Gasteiger partial charge in [0.25, 0.3) is 11.2 Å². The molecule has 0 N–H and O–H groups in total. The highest BCUT2D eigenvalue weighted by Gasteiger charge is 2.25. The molecule has 4 rings (SSSR count). The summed E-state index contributed by atoms with van der Waals surface area (Å²) in [6.07, 6.45) is 3.45. The molecule has 0 bridgehead atoms. The molecule has 0 fully saturated rings. The molecule has 192 valence electrons. The van der Waals surface area contributed by atoms with Crippen LogP contribution in [0.3, 0.4) is 0 Å². The van der Waals surface area contributed by atoms with Gasteiger partial charge in [-0.2, -0.15) is 10.4 Å². The van der Waals surface area contributed by atoms with E-state index in [1.165, 1.54) is 40.0 Å². The minimum absolute atomic E-state index is 0.00283. The Hall–Kier alpha value is -5.31. The predicted molar refractivity (Wildman–Crippen MR) is 142 cm³/mol. The van der Waals surface area contributed by atoms with Crippen molar-refractivity contribution in [2.45, 2.75) is 19.9 Å². The first-order valence-electron chi connectivity index (χ1n) is 11.7. The van der Waals surface area contributed by atoms with E-state index in [0.29, 0.717) is 23.4 Å². The lowest BCUT2D eigenvalue weighted by molar-refractivity contribution is -0.384. The molecule has 0 aliphatic carbocycles. The number of nitro groups is 1. The van der Waals surface area contributed by atoms with E-state index in [1.807, 2.05) is 6.92 Å². The third-order valence-corrected chi connectivity index (χ3v) is 5.61. The SMILES string of the molecule is CCCn1c(=O)c(-c2ccnn2-c2ccc(C#N)cc2)c(N=CN(C)C)n(-c2cccc([N+](=O)[O-])c2)c1=O. The van der Waals surface area contributed by atoms with Gasteiger partial charge in [0.2, 0.25) is 0 Å². The predicted octanol–water partition coefficient (Wildman–Crippen LogP) is 3.26. The van der Waals surface area contributed by atoms with E-state index in [1.54, 1.807) is 55.4 Å². The Morgan fingerprint density at radius 2 is 1.87 bits per heavy atom. The van der Waals surface area contributed by atoms with E-state index < -0.39 is 16.2 Å². The molecule has 0 aliphatic heterocycles. The van der Waals surface area contributed by atoms with Gasteiger partial charge in [-0.15, -0.1) is 0 Å². The van der Waals surface area contributed by atoms with E-state index in [4.69, 9.17) is 5.26 Å². The smallest absolute Gasteiger partial charge is 0.337 e. The summed E-state index contributed by atoms with van der Waals surface area (Å²) in [6.45, 7) is 1.96. The zero-order chi connectivity index (χ0) is 27.4. The van der Waals surface area contributed by atoms with Gasteiger partial charge in [0.15, 0.2) is 5.82 Å². The average Bonchev–Trinajstić information content (AvgIpc) is 3.39. The number of non-ortho nitro benzene ring substituents is 1. The van der Waals surface area contributed by atoms with E-state index in [9.17, 15) is 19.7 Å². The standard InChI is InChI=1S/C26H24N8O4/c1-4-14-31-25(35)23(22-12-13-29-33(22)19-10-8-18(16-27)9-11-19)24(28-17-30(2)3)32(26(31)36)20-6-5-7-21(15-20)34(37)38/h5-13,15,17H,4,14H2,1-3H3. The van der Waals surface area contributed by atoms with E-state index in [2.05, 4.69) is 16.2 Å². The van der Waals surface area contributed by atoms with Crippen molar-refractivity contribution in [2.24, 2.45) is 4.99 Å². The van der Waals surface area contributed by atoms with Crippen LogP contribution >= 0.6 is 0 Å². The highest BCUT2D eigenvalue weighted by molar-refractivity contribution is 5.76. The van der Waals surface area contributed by atoms with Crippen molar-refractivity contribution in [3.8, 4) is 28.7 Å². The number of nitrogens with zero attached hydrogens (tertiary/aromatic N) is 8. The number of benzene rings is 2. The van der Waals surface area contributed by atoms with Crippen LogP contribution in [0.25, 0.3) is 22.6 Å².